The van der Waals surface area contributed by atoms with Gasteiger partial charge in [-0.1, -0.05) is 41.9 Å². The number of benzene rings is 2. The molecular weight excluding hydrogens is 397 g/mol. The summed E-state index contributed by atoms with van der Waals surface area (Å²) in [5.41, 5.74) is 7.54. The van der Waals surface area contributed by atoms with Gasteiger partial charge in [0.15, 0.2) is 0 Å². The molecule has 0 bridgehead atoms. The minimum absolute atomic E-state index is 0.199. The van der Waals surface area contributed by atoms with Gasteiger partial charge in [0, 0.05) is 22.9 Å². The second-order valence-corrected chi connectivity index (χ2v) is 8.99. The molecule has 0 radical (unpaired) electrons. The molecule has 3 N–H and O–H groups in total. The lowest BCUT2D eigenvalue weighted by molar-refractivity contribution is 0.520. The molecule has 0 spiro atoms. The van der Waals surface area contributed by atoms with Gasteiger partial charge in [-0.05, 0) is 50.1 Å². The number of nitrogens with one attached hydrogen (secondary N) is 1. The predicted octanol–water partition coefficient (Wildman–Crippen LogP) is 5.20. The number of pyridine rings is 1. The van der Waals surface area contributed by atoms with Gasteiger partial charge in [-0.25, -0.2) is 18.3 Å². The van der Waals surface area contributed by atoms with Gasteiger partial charge in [0.25, 0.3) is 0 Å². The van der Waals surface area contributed by atoms with Crippen molar-refractivity contribution in [2.24, 2.45) is 0 Å². The third kappa shape index (κ3) is 4.58. The molecule has 3 aromatic rings. The Morgan fingerprint density at radius 3 is 2.43 bits per heavy atom. The Hall–Kier alpha value is -2.28. The first kappa shape index (κ1) is 20.5. The first-order valence-corrected chi connectivity index (χ1v) is 10.2. The molecule has 0 aliphatic rings. The van der Waals surface area contributed by atoms with Gasteiger partial charge in [0.1, 0.15) is 22.6 Å². The van der Waals surface area contributed by atoms with E-state index in [1.54, 1.807) is 24.3 Å². The second-order valence-electron chi connectivity index (χ2n) is 7.40. The van der Waals surface area contributed by atoms with Crippen LogP contribution in [0.15, 0.2) is 59.6 Å². The predicted molar refractivity (Wildman–Crippen MR) is 114 cm³/mol. The van der Waals surface area contributed by atoms with Crippen molar-refractivity contribution in [3.63, 3.8) is 0 Å². The van der Waals surface area contributed by atoms with Gasteiger partial charge in [0.2, 0.25) is 0 Å². The summed E-state index contributed by atoms with van der Waals surface area (Å²) in [5.74, 6) is -0.227. The Bertz CT molecular complexity index is 1050. The molecule has 28 heavy (non-hydrogen) atoms. The summed E-state index contributed by atoms with van der Waals surface area (Å²) in [6, 6.07) is 13.7. The third-order valence-corrected chi connectivity index (χ3v) is 5.80. The zero-order valence-corrected chi connectivity index (χ0v) is 17.4. The Morgan fingerprint density at radius 1 is 1.07 bits per heavy atom. The molecule has 2 aromatic carbocycles. The van der Waals surface area contributed by atoms with Gasteiger partial charge in [-0.2, -0.15) is 0 Å². The summed E-state index contributed by atoms with van der Waals surface area (Å²) in [7, 11) is -1.43. The summed E-state index contributed by atoms with van der Waals surface area (Å²) >= 11 is 6.00. The number of nitrogens with zero attached hydrogens (tertiary/aromatic N) is 1. The Labute approximate surface area is 171 Å². The summed E-state index contributed by atoms with van der Waals surface area (Å²) in [5, 5.41) is 0.273. The summed E-state index contributed by atoms with van der Waals surface area (Å²) in [4.78, 5) is 4.58. The molecule has 3 rings (SSSR count). The maximum atomic E-state index is 14.9. The van der Waals surface area contributed by atoms with Crippen LogP contribution in [0.2, 0.25) is 5.02 Å². The summed E-state index contributed by atoms with van der Waals surface area (Å²) < 4.78 is 30.7. The first-order chi connectivity index (χ1) is 13.2. The zero-order chi connectivity index (χ0) is 20.5. The van der Waals surface area contributed by atoms with E-state index in [9.17, 15) is 8.60 Å². The highest BCUT2D eigenvalue weighted by Gasteiger charge is 2.18. The first-order valence-electron chi connectivity index (χ1n) is 8.65. The molecule has 0 amide bonds. The van der Waals surface area contributed by atoms with E-state index >= 15 is 0 Å². The van der Waals surface area contributed by atoms with Crippen LogP contribution in [-0.4, -0.2) is 14.7 Å². The fourth-order valence-corrected chi connectivity index (χ4v) is 4.13. The highest BCUT2D eigenvalue weighted by atomic mass is 35.5. The van der Waals surface area contributed by atoms with Crippen molar-refractivity contribution in [2.45, 2.75) is 31.2 Å². The molecule has 4 nitrogen and oxygen atoms in total. The molecule has 146 valence electrons. The van der Waals surface area contributed by atoms with Crippen LogP contribution >= 0.6 is 11.6 Å². The van der Waals surface area contributed by atoms with E-state index < -0.39 is 16.8 Å². The Balaban J connectivity index is 2.01. The summed E-state index contributed by atoms with van der Waals surface area (Å²) in [6.45, 7) is 5.81. The quantitative estimate of drug-likeness (QED) is 0.612. The maximum absolute atomic E-state index is 14.9. The number of hydrogen-bond acceptors (Lipinski definition) is 3. The third-order valence-electron chi connectivity index (χ3n) is 3.95. The molecule has 0 aliphatic carbocycles. The van der Waals surface area contributed by atoms with Crippen molar-refractivity contribution >= 4 is 28.4 Å². The van der Waals surface area contributed by atoms with Gasteiger partial charge in [-0.15, -0.1) is 0 Å². The average molecular weight is 418 g/mol. The molecule has 1 heterocycles. The van der Waals surface area contributed by atoms with Crippen molar-refractivity contribution in [2.75, 3.05) is 5.73 Å². The van der Waals surface area contributed by atoms with Crippen LogP contribution in [0.25, 0.3) is 22.3 Å². The molecule has 1 aromatic heterocycles. The van der Waals surface area contributed by atoms with Crippen molar-refractivity contribution in [1.29, 1.82) is 0 Å². The van der Waals surface area contributed by atoms with Gasteiger partial charge < -0.3 is 5.73 Å². The van der Waals surface area contributed by atoms with E-state index in [-0.39, 0.29) is 16.4 Å². The number of halogens is 2. The fraction of sp³-hybridized carbons (Fsp3) is 0.190. The fourth-order valence-electron chi connectivity index (χ4n) is 2.71. The summed E-state index contributed by atoms with van der Waals surface area (Å²) in [6.07, 6.45) is 1.48. The number of aromatic nitrogens is 1. The zero-order valence-electron chi connectivity index (χ0n) is 15.8. The van der Waals surface area contributed by atoms with Crippen molar-refractivity contribution in [3.05, 3.63) is 65.6 Å². The molecule has 0 fully saturated rings. The highest BCUT2D eigenvalue weighted by molar-refractivity contribution is 7.83. The van der Waals surface area contributed by atoms with Crippen LogP contribution in [0.4, 0.5) is 10.2 Å². The number of nitrogen functional groups attached to an aromatic ring is 1. The van der Waals surface area contributed by atoms with Crippen LogP contribution in [0.3, 0.4) is 0 Å². The lowest BCUT2D eigenvalue weighted by atomic mass is 10.0. The van der Waals surface area contributed by atoms with Crippen LogP contribution in [0, 0.1) is 5.82 Å². The number of anilines is 1. The van der Waals surface area contributed by atoms with E-state index in [1.165, 1.54) is 12.3 Å². The maximum Gasteiger partial charge on any atom is 0.142 e. The Morgan fingerprint density at radius 2 is 1.79 bits per heavy atom. The molecule has 1 atom stereocenters. The lowest BCUT2D eigenvalue weighted by Gasteiger charge is -2.21. The lowest BCUT2D eigenvalue weighted by Crippen LogP contribution is -2.37. The number of nitrogens with two attached hydrogens (primary N) is 1. The van der Waals surface area contributed by atoms with Crippen LogP contribution < -0.4 is 10.5 Å². The molecule has 1 unspecified atom stereocenters. The normalized spacial score (nSPS) is 12.8. The van der Waals surface area contributed by atoms with E-state index in [1.807, 2.05) is 39.0 Å². The SMILES string of the molecule is CC(C)(C)NS(=O)c1ccccc1-c1ccc(-c2cnc(N)c(Cl)c2)c(F)c1. The smallest absolute Gasteiger partial charge is 0.142 e. The minimum atomic E-state index is -1.43. The molecular formula is C21H21ClFN3OS. The largest absolute Gasteiger partial charge is 0.382 e. The monoisotopic (exact) mass is 417 g/mol. The Kier molecular flexibility index (Phi) is 5.84. The topological polar surface area (TPSA) is 68.0 Å². The molecule has 7 heteroatoms. The van der Waals surface area contributed by atoms with Crippen LogP contribution in [-0.2, 0) is 11.0 Å². The number of hydrogen-bond donors (Lipinski definition) is 2. The molecule has 0 saturated carbocycles. The number of rotatable bonds is 4. The van der Waals surface area contributed by atoms with Crippen molar-refractivity contribution in [3.8, 4) is 22.3 Å². The van der Waals surface area contributed by atoms with Gasteiger partial charge in [-0.3, -0.25) is 0 Å². The van der Waals surface area contributed by atoms with Gasteiger partial charge >= 0.3 is 0 Å². The average Bonchev–Trinajstić information content (AvgIpc) is 2.62. The molecule has 0 aliphatic heterocycles. The van der Waals surface area contributed by atoms with E-state index in [0.717, 1.165) is 0 Å². The van der Waals surface area contributed by atoms with Crippen molar-refractivity contribution in [1.82, 2.24) is 9.71 Å². The van der Waals surface area contributed by atoms with E-state index in [2.05, 4.69) is 9.71 Å². The van der Waals surface area contributed by atoms with Crippen molar-refractivity contribution < 1.29 is 8.60 Å². The minimum Gasteiger partial charge on any atom is -0.382 e. The van der Waals surface area contributed by atoms with E-state index in [0.29, 0.717) is 27.1 Å². The van der Waals surface area contributed by atoms with Gasteiger partial charge in [0.05, 0.1) is 9.92 Å². The standard InChI is InChI=1S/C21H21ClFN3OS/c1-21(2,3)26-28(27)19-7-5-4-6-16(19)13-8-9-15(18(23)11-13)14-10-17(22)20(24)25-12-14/h4-12,26H,1-3H3,(H2,24,25). The van der Waals surface area contributed by atoms with Crippen LogP contribution in [0.1, 0.15) is 20.8 Å². The highest BCUT2D eigenvalue weighted by Crippen LogP contribution is 2.32. The van der Waals surface area contributed by atoms with Crippen LogP contribution in [0.5, 0.6) is 0 Å². The molecule has 0 saturated heterocycles. The second kappa shape index (κ2) is 7.99. The van der Waals surface area contributed by atoms with E-state index in [4.69, 9.17) is 17.3 Å².